The monoisotopic (exact) mass is 231 g/mol. The summed E-state index contributed by atoms with van der Waals surface area (Å²) >= 11 is 0. The van der Waals surface area contributed by atoms with Gasteiger partial charge in [0.25, 0.3) is 5.91 Å². The van der Waals surface area contributed by atoms with E-state index in [9.17, 15) is 4.79 Å². The van der Waals surface area contributed by atoms with Gasteiger partial charge in [-0.3, -0.25) is 4.79 Å². The van der Waals surface area contributed by atoms with Crippen molar-refractivity contribution < 1.29 is 4.79 Å². The van der Waals surface area contributed by atoms with Crippen LogP contribution in [0, 0.1) is 0 Å². The largest absolute Gasteiger partial charge is 0.349 e. The molecule has 2 rings (SSSR count). The van der Waals surface area contributed by atoms with Gasteiger partial charge in [0, 0.05) is 30.5 Å². The number of hydrogen-bond acceptors (Lipinski definition) is 2. The highest BCUT2D eigenvalue weighted by Gasteiger charge is 2.12. The van der Waals surface area contributed by atoms with Crippen LogP contribution in [-0.4, -0.2) is 23.1 Å². The van der Waals surface area contributed by atoms with Crippen molar-refractivity contribution in [2.24, 2.45) is 12.8 Å². The van der Waals surface area contributed by atoms with Crippen molar-refractivity contribution in [2.75, 3.05) is 6.54 Å². The van der Waals surface area contributed by atoms with Gasteiger partial charge in [-0.1, -0.05) is 18.2 Å². The molecule has 0 spiro atoms. The highest BCUT2D eigenvalue weighted by Crippen LogP contribution is 2.17. The second-order valence-corrected chi connectivity index (χ2v) is 4.33. The van der Waals surface area contributed by atoms with Crippen LogP contribution in [0.25, 0.3) is 10.9 Å². The number of aryl methyl sites for hydroxylation is 1. The van der Waals surface area contributed by atoms with E-state index in [2.05, 4.69) is 5.32 Å². The molecular weight excluding hydrogens is 214 g/mol. The number of nitrogens with two attached hydrogens (primary N) is 1. The summed E-state index contributed by atoms with van der Waals surface area (Å²) in [7, 11) is 1.89. The highest BCUT2D eigenvalue weighted by molar-refractivity contribution is 5.98. The zero-order valence-corrected chi connectivity index (χ0v) is 10.1. The highest BCUT2D eigenvalue weighted by atomic mass is 16.1. The molecule has 1 amide bonds. The van der Waals surface area contributed by atoms with Gasteiger partial charge < -0.3 is 15.6 Å². The average Bonchev–Trinajstić information content (AvgIpc) is 2.64. The van der Waals surface area contributed by atoms with Gasteiger partial charge in [-0.2, -0.15) is 0 Å². The third kappa shape index (κ3) is 2.31. The first-order valence-electron chi connectivity index (χ1n) is 5.68. The molecule has 1 aromatic carbocycles. The lowest BCUT2D eigenvalue weighted by Crippen LogP contribution is -2.35. The van der Waals surface area contributed by atoms with E-state index in [0.29, 0.717) is 12.2 Å². The van der Waals surface area contributed by atoms with E-state index in [1.165, 1.54) is 0 Å². The van der Waals surface area contributed by atoms with E-state index in [4.69, 9.17) is 5.73 Å². The van der Waals surface area contributed by atoms with E-state index in [1.54, 1.807) is 0 Å². The third-order valence-corrected chi connectivity index (χ3v) is 2.77. The van der Waals surface area contributed by atoms with E-state index >= 15 is 0 Å². The maximum Gasteiger partial charge on any atom is 0.267 e. The van der Waals surface area contributed by atoms with Crippen LogP contribution in [0.5, 0.6) is 0 Å². The zero-order valence-electron chi connectivity index (χ0n) is 10.1. The number of benzene rings is 1. The van der Waals surface area contributed by atoms with Crippen LogP contribution in [-0.2, 0) is 7.05 Å². The fourth-order valence-corrected chi connectivity index (χ4v) is 1.85. The summed E-state index contributed by atoms with van der Waals surface area (Å²) in [6, 6.07) is 9.78. The third-order valence-electron chi connectivity index (χ3n) is 2.77. The van der Waals surface area contributed by atoms with Crippen molar-refractivity contribution in [3.63, 3.8) is 0 Å². The molecule has 0 aliphatic heterocycles. The number of carbonyl (C=O) groups excluding carboxylic acids is 1. The van der Waals surface area contributed by atoms with Crippen molar-refractivity contribution >= 4 is 16.8 Å². The number of nitrogens with zero attached hydrogens (tertiary/aromatic N) is 1. The van der Waals surface area contributed by atoms with Gasteiger partial charge in [-0.05, 0) is 19.1 Å². The predicted molar refractivity (Wildman–Crippen MR) is 68.9 cm³/mol. The number of nitrogens with one attached hydrogen (secondary N) is 1. The normalized spacial score (nSPS) is 12.6. The maximum absolute atomic E-state index is 12.0. The lowest BCUT2D eigenvalue weighted by molar-refractivity contribution is 0.0944. The second kappa shape index (κ2) is 4.59. The molecule has 3 N–H and O–H groups in total. The summed E-state index contributed by atoms with van der Waals surface area (Å²) in [5, 5.41) is 3.89. The number of aromatic nitrogens is 1. The summed E-state index contributed by atoms with van der Waals surface area (Å²) in [6.07, 6.45) is 0. The van der Waals surface area contributed by atoms with E-state index < -0.39 is 0 Å². The van der Waals surface area contributed by atoms with Crippen molar-refractivity contribution in [3.8, 4) is 0 Å². The Bertz CT molecular complexity index is 543. The molecule has 1 aromatic heterocycles. The molecule has 1 heterocycles. The molecule has 2 aromatic rings. The maximum atomic E-state index is 12.0. The Morgan fingerprint density at radius 1 is 1.47 bits per heavy atom. The second-order valence-electron chi connectivity index (χ2n) is 4.33. The van der Waals surface area contributed by atoms with Crippen molar-refractivity contribution in [2.45, 2.75) is 13.0 Å². The summed E-state index contributed by atoms with van der Waals surface area (Å²) in [6.45, 7) is 2.35. The number of hydrogen-bond donors (Lipinski definition) is 2. The summed E-state index contributed by atoms with van der Waals surface area (Å²) in [5.74, 6) is -0.0824. The van der Waals surface area contributed by atoms with Gasteiger partial charge in [0.2, 0.25) is 0 Å². The van der Waals surface area contributed by atoms with Gasteiger partial charge in [0.1, 0.15) is 5.69 Å². The molecular formula is C13H17N3O. The molecule has 1 atom stereocenters. The van der Waals surface area contributed by atoms with Crippen LogP contribution >= 0.6 is 0 Å². The van der Waals surface area contributed by atoms with Gasteiger partial charge in [-0.25, -0.2) is 0 Å². The van der Waals surface area contributed by atoms with Gasteiger partial charge >= 0.3 is 0 Å². The fourth-order valence-electron chi connectivity index (χ4n) is 1.85. The molecule has 0 bridgehead atoms. The van der Waals surface area contributed by atoms with Gasteiger partial charge in [0.15, 0.2) is 0 Å². The molecule has 0 saturated carbocycles. The number of fused-ring (bicyclic) bond motifs is 1. The summed E-state index contributed by atoms with van der Waals surface area (Å²) in [4.78, 5) is 12.0. The fraction of sp³-hybridized carbons (Fsp3) is 0.308. The molecule has 1 unspecified atom stereocenters. The minimum absolute atomic E-state index is 0.0337. The number of para-hydroxylation sites is 1. The molecule has 17 heavy (non-hydrogen) atoms. The van der Waals surface area contributed by atoms with Gasteiger partial charge in [-0.15, -0.1) is 0 Å². The molecule has 90 valence electrons. The Hall–Kier alpha value is -1.81. The standard InChI is InChI=1S/C13H17N3O/c1-9(14)8-15-13(17)12-7-10-5-3-4-6-11(10)16(12)2/h3-7,9H,8,14H2,1-2H3,(H,15,17). The minimum Gasteiger partial charge on any atom is -0.349 e. The molecule has 4 nitrogen and oxygen atoms in total. The Labute approximate surface area is 100 Å². The first-order chi connectivity index (χ1) is 8.09. The Balaban J connectivity index is 2.29. The van der Waals surface area contributed by atoms with Crippen molar-refractivity contribution in [1.29, 1.82) is 0 Å². The quantitative estimate of drug-likeness (QED) is 0.835. The molecule has 4 heteroatoms. The predicted octanol–water partition coefficient (Wildman–Crippen LogP) is 1.26. The zero-order chi connectivity index (χ0) is 12.4. The van der Waals surface area contributed by atoms with Crippen molar-refractivity contribution in [1.82, 2.24) is 9.88 Å². The van der Waals surface area contributed by atoms with Crippen LogP contribution in [0.2, 0.25) is 0 Å². The lowest BCUT2D eigenvalue weighted by Gasteiger charge is -2.08. The first-order valence-corrected chi connectivity index (χ1v) is 5.68. The Morgan fingerprint density at radius 2 is 2.18 bits per heavy atom. The Morgan fingerprint density at radius 3 is 2.82 bits per heavy atom. The topological polar surface area (TPSA) is 60.0 Å². The van der Waals surface area contributed by atoms with E-state index in [0.717, 1.165) is 10.9 Å². The molecule has 0 saturated heterocycles. The van der Waals surface area contributed by atoms with Crippen LogP contribution in [0.15, 0.2) is 30.3 Å². The summed E-state index contributed by atoms with van der Waals surface area (Å²) < 4.78 is 1.89. The SMILES string of the molecule is CC(N)CNC(=O)c1cc2ccccc2n1C. The molecule has 0 fully saturated rings. The van der Waals surface area contributed by atoms with Crippen LogP contribution in [0.4, 0.5) is 0 Å². The average molecular weight is 231 g/mol. The van der Waals surface area contributed by atoms with Crippen LogP contribution in [0.3, 0.4) is 0 Å². The number of carbonyl (C=O) groups is 1. The molecule has 0 aliphatic rings. The summed E-state index contributed by atoms with van der Waals surface area (Å²) in [5.41, 5.74) is 7.32. The van der Waals surface area contributed by atoms with Crippen LogP contribution < -0.4 is 11.1 Å². The van der Waals surface area contributed by atoms with E-state index in [-0.39, 0.29) is 11.9 Å². The number of rotatable bonds is 3. The minimum atomic E-state index is -0.0824. The van der Waals surface area contributed by atoms with Crippen LogP contribution in [0.1, 0.15) is 17.4 Å². The first kappa shape index (κ1) is 11.7. The smallest absolute Gasteiger partial charge is 0.267 e. The Kier molecular flexibility index (Phi) is 3.15. The van der Waals surface area contributed by atoms with E-state index in [1.807, 2.05) is 48.9 Å². The number of amides is 1. The molecule has 0 radical (unpaired) electrons. The molecule has 0 aliphatic carbocycles. The van der Waals surface area contributed by atoms with Gasteiger partial charge in [0.05, 0.1) is 0 Å². The van der Waals surface area contributed by atoms with Crippen molar-refractivity contribution in [3.05, 3.63) is 36.0 Å². The lowest BCUT2D eigenvalue weighted by atomic mass is 10.2.